The van der Waals surface area contributed by atoms with Crippen molar-refractivity contribution in [3.8, 4) is 11.4 Å². The van der Waals surface area contributed by atoms with Crippen LogP contribution in [-0.2, 0) is 6.54 Å². The number of halogens is 1. The highest BCUT2D eigenvalue weighted by Crippen LogP contribution is 2.22. The van der Waals surface area contributed by atoms with Gasteiger partial charge in [-0.25, -0.2) is 0 Å². The molecule has 26 heavy (non-hydrogen) atoms. The Morgan fingerprint density at radius 2 is 1.85 bits per heavy atom. The van der Waals surface area contributed by atoms with Gasteiger partial charge in [-0.3, -0.25) is 14.2 Å². The van der Waals surface area contributed by atoms with Crippen molar-refractivity contribution in [2.75, 3.05) is 0 Å². The first-order valence-corrected chi connectivity index (χ1v) is 8.31. The molecule has 0 N–H and O–H groups in total. The lowest BCUT2D eigenvalue weighted by Crippen LogP contribution is -2.27. The van der Waals surface area contributed by atoms with Gasteiger partial charge in [0, 0.05) is 17.1 Å². The summed E-state index contributed by atoms with van der Waals surface area (Å²) in [4.78, 5) is 30.3. The van der Waals surface area contributed by atoms with Gasteiger partial charge in [0.1, 0.15) is 11.4 Å². The molecule has 0 aliphatic heterocycles. The lowest BCUT2D eigenvalue weighted by molar-refractivity contribution is 0.636. The van der Waals surface area contributed by atoms with Crippen LogP contribution in [0.5, 0.6) is 0 Å². The summed E-state index contributed by atoms with van der Waals surface area (Å²) in [5.74, 6) is 0.387. The summed E-state index contributed by atoms with van der Waals surface area (Å²) >= 11 is 5.95. The highest BCUT2D eigenvalue weighted by atomic mass is 35.5. The van der Waals surface area contributed by atoms with Crippen LogP contribution in [0.15, 0.2) is 75.2 Å². The van der Waals surface area contributed by atoms with E-state index >= 15 is 0 Å². The SMILES string of the molecule is C=CCn1c(-c2ccc(Cl)cc2)nc2oc3ccccc3c(=O)c2c1=O. The molecule has 0 fully saturated rings. The van der Waals surface area contributed by atoms with Crippen molar-refractivity contribution in [2.45, 2.75) is 6.54 Å². The number of aromatic nitrogens is 2. The lowest BCUT2D eigenvalue weighted by atomic mass is 10.1. The van der Waals surface area contributed by atoms with E-state index in [1.165, 1.54) is 4.57 Å². The van der Waals surface area contributed by atoms with Crippen LogP contribution in [0.2, 0.25) is 5.02 Å². The van der Waals surface area contributed by atoms with Crippen LogP contribution >= 0.6 is 11.6 Å². The van der Waals surface area contributed by atoms with Crippen molar-refractivity contribution in [1.82, 2.24) is 9.55 Å². The smallest absolute Gasteiger partial charge is 0.269 e. The molecule has 0 aliphatic carbocycles. The van der Waals surface area contributed by atoms with Gasteiger partial charge >= 0.3 is 0 Å². The largest absolute Gasteiger partial charge is 0.437 e. The summed E-state index contributed by atoms with van der Waals surface area (Å²) in [6, 6.07) is 13.7. The average Bonchev–Trinajstić information content (AvgIpc) is 2.64. The number of hydrogen-bond donors (Lipinski definition) is 0. The number of nitrogens with zero attached hydrogens (tertiary/aromatic N) is 2. The zero-order chi connectivity index (χ0) is 18.3. The maximum absolute atomic E-state index is 13.0. The zero-order valence-electron chi connectivity index (χ0n) is 13.6. The van der Waals surface area contributed by atoms with E-state index < -0.39 is 5.56 Å². The number of rotatable bonds is 3. The van der Waals surface area contributed by atoms with Crippen molar-refractivity contribution in [2.24, 2.45) is 0 Å². The second-order valence-corrected chi connectivity index (χ2v) is 6.19. The van der Waals surface area contributed by atoms with Crippen molar-refractivity contribution in [3.05, 3.63) is 86.8 Å². The van der Waals surface area contributed by atoms with E-state index in [-0.39, 0.29) is 23.1 Å². The average molecular weight is 365 g/mol. The standard InChI is InChI=1S/C20H13ClN2O3/c1-2-11-23-18(12-7-9-13(21)10-8-12)22-19-16(20(23)25)17(24)14-5-3-4-6-15(14)26-19/h2-10H,1,11H2. The number of hydrogen-bond acceptors (Lipinski definition) is 4. The molecule has 128 valence electrons. The van der Waals surface area contributed by atoms with Crippen LogP contribution in [0.4, 0.5) is 0 Å². The van der Waals surface area contributed by atoms with Gasteiger partial charge in [0.25, 0.3) is 5.56 Å². The van der Waals surface area contributed by atoms with E-state index in [0.717, 1.165) is 0 Å². The maximum atomic E-state index is 13.0. The fourth-order valence-corrected chi connectivity index (χ4v) is 3.03. The summed E-state index contributed by atoms with van der Waals surface area (Å²) < 4.78 is 7.16. The molecule has 0 saturated carbocycles. The Hall–Kier alpha value is -3.18. The Morgan fingerprint density at radius 1 is 1.12 bits per heavy atom. The normalized spacial score (nSPS) is 11.1. The minimum Gasteiger partial charge on any atom is -0.437 e. The highest BCUT2D eigenvalue weighted by Gasteiger charge is 2.18. The van der Waals surface area contributed by atoms with Crippen LogP contribution in [-0.4, -0.2) is 9.55 Å². The Balaban J connectivity index is 2.15. The third-order valence-electron chi connectivity index (χ3n) is 4.12. The molecule has 0 radical (unpaired) electrons. The molecule has 0 saturated heterocycles. The van der Waals surface area contributed by atoms with Crippen LogP contribution in [0.3, 0.4) is 0 Å². The number of para-hydroxylation sites is 1. The van der Waals surface area contributed by atoms with E-state index in [1.54, 1.807) is 54.6 Å². The summed E-state index contributed by atoms with van der Waals surface area (Å²) in [6.45, 7) is 3.90. The molecule has 0 aliphatic rings. The third-order valence-corrected chi connectivity index (χ3v) is 4.37. The van der Waals surface area contributed by atoms with Gasteiger partial charge in [0.15, 0.2) is 5.39 Å². The highest BCUT2D eigenvalue weighted by molar-refractivity contribution is 6.30. The van der Waals surface area contributed by atoms with Gasteiger partial charge in [-0.15, -0.1) is 6.58 Å². The van der Waals surface area contributed by atoms with Gasteiger partial charge in [0.05, 0.1) is 5.39 Å². The van der Waals surface area contributed by atoms with Crippen LogP contribution in [0, 0.1) is 0 Å². The van der Waals surface area contributed by atoms with E-state index in [2.05, 4.69) is 11.6 Å². The van der Waals surface area contributed by atoms with Crippen molar-refractivity contribution in [3.63, 3.8) is 0 Å². The molecule has 5 nitrogen and oxygen atoms in total. The van der Waals surface area contributed by atoms with Crippen molar-refractivity contribution >= 4 is 33.7 Å². The minimum atomic E-state index is -0.459. The Bertz CT molecular complexity index is 1270. The summed E-state index contributed by atoms with van der Waals surface area (Å²) in [6.07, 6.45) is 1.58. The third kappa shape index (κ3) is 2.53. The van der Waals surface area contributed by atoms with Crippen molar-refractivity contribution in [1.29, 1.82) is 0 Å². The minimum absolute atomic E-state index is 0.0176. The molecule has 2 heterocycles. The molecule has 0 spiro atoms. The quantitative estimate of drug-likeness (QED) is 0.407. The van der Waals surface area contributed by atoms with Gasteiger partial charge < -0.3 is 4.42 Å². The van der Waals surface area contributed by atoms with E-state index in [4.69, 9.17) is 16.0 Å². The van der Waals surface area contributed by atoms with E-state index in [9.17, 15) is 9.59 Å². The monoisotopic (exact) mass is 364 g/mol. The molecule has 0 unspecified atom stereocenters. The molecule has 0 amide bonds. The molecular formula is C20H13ClN2O3. The molecule has 0 atom stereocenters. The first-order chi connectivity index (χ1) is 12.6. The molecule has 4 aromatic rings. The predicted molar refractivity (Wildman–Crippen MR) is 103 cm³/mol. The topological polar surface area (TPSA) is 65.1 Å². The molecule has 6 heteroatoms. The van der Waals surface area contributed by atoms with E-state index in [1.807, 2.05) is 0 Å². The van der Waals surface area contributed by atoms with E-state index in [0.29, 0.717) is 27.4 Å². The lowest BCUT2D eigenvalue weighted by Gasteiger charge is -2.11. The first kappa shape index (κ1) is 16.3. The summed E-state index contributed by atoms with van der Waals surface area (Å²) in [5.41, 5.74) is 0.245. The molecule has 0 bridgehead atoms. The molecule has 2 aromatic heterocycles. The number of benzene rings is 2. The second kappa shape index (κ2) is 6.28. The Labute approximate surface area is 152 Å². The first-order valence-electron chi connectivity index (χ1n) is 7.93. The molecule has 2 aromatic carbocycles. The van der Waals surface area contributed by atoms with Gasteiger partial charge in [-0.2, -0.15) is 4.98 Å². The fourth-order valence-electron chi connectivity index (χ4n) is 2.90. The van der Waals surface area contributed by atoms with Crippen molar-refractivity contribution < 1.29 is 4.42 Å². The number of fused-ring (bicyclic) bond motifs is 2. The number of allylic oxidation sites excluding steroid dienone is 1. The van der Waals surface area contributed by atoms with Crippen LogP contribution in [0.1, 0.15) is 0 Å². The Kier molecular flexibility index (Phi) is 3.93. The summed E-state index contributed by atoms with van der Waals surface area (Å²) in [5, 5.41) is 0.858. The fraction of sp³-hybridized carbons (Fsp3) is 0.0500. The second-order valence-electron chi connectivity index (χ2n) is 5.75. The maximum Gasteiger partial charge on any atom is 0.269 e. The predicted octanol–water partition coefficient (Wildman–Crippen LogP) is 4.01. The van der Waals surface area contributed by atoms with Gasteiger partial charge in [0.2, 0.25) is 11.1 Å². The molecule has 4 rings (SSSR count). The summed E-state index contributed by atoms with van der Waals surface area (Å²) in [7, 11) is 0. The Morgan fingerprint density at radius 3 is 2.58 bits per heavy atom. The zero-order valence-corrected chi connectivity index (χ0v) is 14.4. The van der Waals surface area contributed by atoms with Gasteiger partial charge in [-0.05, 0) is 36.4 Å². The van der Waals surface area contributed by atoms with Crippen LogP contribution < -0.4 is 11.0 Å². The van der Waals surface area contributed by atoms with Gasteiger partial charge in [-0.1, -0.05) is 29.8 Å². The van der Waals surface area contributed by atoms with Crippen LogP contribution in [0.25, 0.3) is 33.5 Å². The molecular weight excluding hydrogens is 352 g/mol.